The molecule has 1 aliphatic carbocycles. The van der Waals surface area contributed by atoms with Gasteiger partial charge < -0.3 is 14.7 Å². The van der Waals surface area contributed by atoms with E-state index in [-0.39, 0.29) is 6.47 Å². The van der Waals surface area contributed by atoms with Crippen LogP contribution in [0.3, 0.4) is 0 Å². The topological polar surface area (TPSA) is 111 Å². The van der Waals surface area contributed by atoms with Gasteiger partial charge in [-0.2, -0.15) is 14.7 Å². The molecule has 170 valence electrons. The van der Waals surface area contributed by atoms with E-state index < -0.39 is 0 Å². The van der Waals surface area contributed by atoms with Crippen molar-refractivity contribution in [1.29, 1.82) is 0 Å². The molecule has 0 radical (unpaired) electrons. The summed E-state index contributed by atoms with van der Waals surface area (Å²) in [5, 5.41) is 16.6. The van der Waals surface area contributed by atoms with Gasteiger partial charge in [-0.3, -0.25) is 9.78 Å². The number of anilines is 1. The Morgan fingerprint density at radius 1 is 1.03 bits per heavy atom. The monoisotopic (exact) mass is 447 g/mol. The maximum Gasteiger partial charge on any atom is 0.290 e. The van der Waals surface area contributed by atoms with Gasteiger partial charge in [-0.05, 0) is 43.4 Å². The van der Waals surface area contributed by atoms with Crippen molar-refractivity contribution in [3.8, 4) is 17.1 Å². The molecule has 0 bridgehead atoms. The quantitative estimate of drug-likeness (QED) is 0.477. The highest BCUT2D eigenvalue weighted by atomic mass is 16.5. The van der Waals surface area contributed by atoms with Gasteiger partial charge in [0, 0.05) is 49.4 Å². The van der Waals surface area contributed by atoms with Gasteiger partial charge in [0.25, 0.3) is 6.47 Å². The number of pyridine rings is 1. The van der Waals surface area contributed by atoms with Gasteiger partial charge >= 0.3 is 0 Å². The number of carbonyl (C=O) groups is 1. The van der Waals surface area contributed by atoms with E-state index in [1.54, 1.807) is 12.4 Å². The number of morpholine rings is 1. The minimum Gasteiger partial charge on any atom is -0.483 e. The molecule has 0 unspecified atom stereocenters. The van der Waals surface area contributed by atoms with Gasteiger partial charge in [0.05, 0.1) is 24.6 Å². The van der Waals surface area contributed by atoms with Crippen LogP contribution < -0.4 is 4.90 Å². The minimum absolute atomic E-state index is 0.250. The van der Waals surface area contributed by atoms with Gasteiger partial charge in [-0.15, -0.1) is 0 Å². The number of fused-ring (bicyclic) bond motifs is 2. The molecule has 0 spiro atoms. The number of ether oxygens (including phenoxy) is 1. The van der Waals surface area contributed by atoms with E-state index in [0.29, 0.717) is 13.2 Å². The Morgan fingerprint density at radius 2 is 1.79 bits per heavy atom. The normalized spacial score (nSPS) is 15.6. The Balaban J connectivity index is 0.000000724. The van der Waals surface area contributed by atoms with Crippen molar-refractivity contribution in [2.45, 2.75) is 25.7 Å². The zero-order chi connectivity index (χ0) is 22.6. The highest BCUT2D eigenvalue weighted by Gasteiger charge is 2.20. The van der Waals surface area contributed by atoms with Crippen LogP contribution in [0.4, 0.5) is 5.82 Å². The smallest absolute Gasteiger partial charge is 0.290 e. The Morgan fingerprint density at radius 3 is 2.55 bits per heavy atom. The molecule has 1 N–H and O–H groups in total. The lowest BCUT2D eigenvalue weighted by Gasteiger charge is -2.29. The fraction of sp³-hybridized carbons (Fsp3) is 0.348. The standard InChI is InChI=1S/C22H23N7O.CH2O2/c1-2-4-18-17(3-1)15-28(25-18)20-14-22(27-9-11-30-12-10-27)29-21(24-20)13-19(26-29)16-5-7-23-8-6-16;2-1-3/h5-8,13-15H,1-4,9-12H2;1H,(H,2,3). The number of hydrogen-bond donors (Lipinski definition) is 1. The lowest BCUT2D eigenvalue weighted by atomic mass is 9.99. The fourth-order valence-electron chi connectivity index (χ4n) is 4.33. The van der Waals surface area contributed by atoms with Gasteiger partial charge in [0.1, 0.15) is 5.82 Å². The third-order valence-corrected chi connectivity index (χ3v) is 5.93. The SMILES string of the molecule is O=CO.c1cc(-c2cc3nc(-n4cc5c(n4)CCCC5)cc(N4CCOCC4)n3n2)ccn1. The number of nitrogens with zero attached hydrogens (tertiary/aromatic N) is 7. The first-order valence-electron chi connectivity index (χ1n) is 11.1. The van der Waals surface area contributed by atoms with E-state index in [9.17, 15) is 0 Å². The van der Waals surface area contributed by atoms with Crippen molar-refractivity contribution in [2.75, 3.05) is 31.2 Å². The lowest BCUT2D eigenvalue weighted by molar-refractivity contribution is -0.122. The second kappa shape index (κ2) is 9.37. The van der Waals surface area contributed by atoms with Crippen molar-refractivity contribution in [3.05, 3.63) is 54.1 Å². The van der Waals surface area contributed by atoms with E-state index in [0.717, 1.165) is 54.5 Å². The first-order chi connectivity index (χ1) is 16.3. The predicted octanol–water partition coefficient (Wildman–Crippen LogP) is 2.39. The lowest BCUT2D eigenvalue weighted by Crippen LogP contribution is -2.37. The molecule has 2 aliphatic rings. The zero-order valence-electron chi connectivity index (χ0n) is 18.2. The van der Waals surface area contributed by atoms with E-state index in [1.807, 2.05) is 27.4 Å². The summed E-state index contributed by atoms with van der Waals surface area (Å²) in [6.07, 6.45) is 10.3. The molecule has 5 heterocycles. The molecular weight excluding hydrogens is 422 g/mol. The van der Waals surface area contributed by atoms with Crippen molar-refractivity contribution in [3.63, 3.8) is 0 Å². The van der Waals surface area contributed by atoms with Crippen molar-refractivity contribution in [2.24, 2.45) is 0 Å². The van der Waals surface area contributed by atoms with E-state index >= 15 is 0 Å². The maximum atomic E-state index is 8.36. The Bertz CT molecular complexity index is 1220. The van der Waals surface area contributed by atoms with Crippen LogP contribution in [0, 0.1) is 0 Å². The molecule has 0 atom stereocenters. The summed E-state index contributed by atoms with van der Waals surface area (Å²) in [7, 11) is 0. The van der Waals surface area contributed by atoms with Crippen LogP contribution in [-0.4, -0.2) is 67.2 Å². The molecule has 0 saturated carbocycles. The summed E-state index contributed by atoms with van der Waals surface area (Å²) in [6, 6.07) is 8.07. The molecule has 1 saturated heterocycles. The number of carboxylic acid groups (broad SMARTS) is 1. The van der Waals surface area contributed by atoms with Crippen LogP contribution in [-0.2, 0) is 22.4 Å². The fourth-order valence-corrected chi connectivity index (χ4v) is 4.33. The summed E-state index contributed by atoms with van der Waals surface area (Å²) in [5.74, 6) is 1.85. The molecule has 10 heteroatoms. The predicted molar refractivity (Wildman–Crippen MR) is 122 cm³/mol. The van der Waals surface area contributed by atoms with Crippen LogP contribution in [0.5, 0.6) is 0 Å². The molecule has 0 aromatic carbocycles. The van der Waals surface area contributed by atoms with Crippen molar-refractivity contribution in [1.82, 2.24) is 29.4 Å². The Labute approximate surface area is 190 Å². The maximum absolute atomic E-state index is 8.36. The number of aromatic nitrogens is 6. The second-order valence-corrected chi connectivity index (χ2v) is 7.97. The third-order valence-electron chi connectivity index (χ3n) is 5.93. The van der Waals surface area contributed by atoms with Gasteiger partial charge in [-0.25, -0.2) is 9.67 Å². The van der Waals surface area contributed by atoms with E-state index in [1.165, 1.54) is 24.1 Å². The molecule has 10 nitrogen and oxygen atoms in total. The zero-order valence-corrected chi connectivity index (χ0v) is 18.2. The summed E-state index contributed by atoms with van der Waals surface area (Å²) >= 11 is 0. The minimum atomic E-state index is -0.250. The van der Waals surface area contributed by atoms with E-state index in [4.69, 9.17) is 29.8 Å². The molecule has 0 amide bonds. The molecule has 6 rings (SSSR count). The van der Waals surface area contributed by atoms with E-state index in [2.05, 4.69) is 22.1 Å². The molecule has 4 aromatic heterocycles. The summed E-state index contributed by atoms with van der Waals surface area (Å²) in [4.78, 5) is 19.7. The summed E-state index contributed by atoms with van der Waals surface area (Å²) in [5.41, 5.74) is 5.29. The van der Waals surface area contributed by atoms with Crippen LogP contribution in [0.1, 0.15) is 24.1 Å². The highest BCUT2D eigenvalue weighted by Crippen LogP contribution is 2.26. The number of aryl methyl sites for hydroxylation is 2. The average molecular weight is 447 g/mol. The molecule has 33 heavy (non-hydrogen) atoms. The number of rotatable bonds is 3. The first kappa shape index (κ1) is 21.1. The van der Waals surface area contributed by atoms with Crippen molar-refractivity contribution < 1.29 is 14.6 Å². The third kappa shape index (κ3) is 4.29. The summed E-state index contributed by atoms with van der Waals surface area (Å²) < 4.78 is 9.45. The van der Waals surface area contributed by atoms with Crippen LogP contribution >= 0.6 is 0 Å². The molecular formula is C23H25N7O3. The second-order valence-electron chi connectivity index (χ2n) is 7.97. The first-order valence-corrected chi connectivity index (χ1v) is 11.1. The Kier molecular flexibility index (Phi) is 5.99. The van der Waals surface area contributed by atoms with Crippen LogP contribution in [0.25, 0.3) is 22.7 Å². The largest absolute Gasteiger partial charge is 0.483 e. The van der Waals surface area contributed by atoms with Crippen molar-refractivity contribution >= 4 is 17.9 Å². The van der Waals surface area contributed by atoms with Gasteiger partial charge in [-0.1, -0.05) is 0 Å². The summed E-state index contributed by atoms with van der Waals surface area (Å²) in [6.45, 7) is 2.85. The average Bonchev–Trinajstić information content (AvgIpc) is 3.49. The van der Waals surface area contributed by atoms with Crippen LogP contribution in [0.2, 0.25) is 0 Å². The molecule has 1 aliphatic heterocycles. The number of hydrogen-bond acceptors (Lipinski definition) is 7. The highest BCUT2D eigenvalue weighted by molar-refractivity contribution is 5.66. The van der Waals surface area contributed by atoms with Crippen LogP contribution in [0.15, 0.2) is 42.9 Å². The Hall–Kier alpha value is -3.79. The molecule has 4 aromatic rings. The van der Waals surface area contributed by atoms with Gasteiger partial charge in [0.15, 0.2) is 11.5 Å². The molecule has 1 fully saturated rings. The van der Waals surface area contributed by atoms with Gasteiger partial charge in [0.2, 0.25) is 0 Å².